The van der Waals surface area contributed by atoms with E-state index in [9.17, 15) is 15.0 Å². The van der Waals surface area contributed by atoms with Crippen molar-refractivity contribution in [3.8, 4) is 23.0 Å². The molecule has 0 radical (unpaired) electrons. The van der Waals surface area contributed by atoms with Crippen LogP contribution in [0.1, 0.15) is 18.1 Å². The van der Waals surface area contributed by atoms with E-state index in [4.69, 9.17) is 9.47 Å². The van der Waals surface area contributed by atoms with Crippen LogP contribution in [0.3, 0.4) is 0 Å². The Bertz CT molecular complexity index is 801. The SMILES string of the molecule is C=CC(=O)Nc1ccc(O)c(OCC)c1CCc1ccc(O)c(OC)c1. The number of nitrogens with one attached hydrogen (secondary N) is 1. The third-order valence-corrected chi connectivity index (χ3v) is 3.88. The maximum atomic E-state index is 11.7. The minimum Gasteiger partial charge on any atom is -0.504 e. The number of hydrogen-bond donors (Lipinski definition) is 3. The van der Waals surface area contributed by atoms with Crippen molar-refractivity contribution in [2.45, 2.75) is 19.8 Å². The van der Waals surface area contributed by atoms with Crippen molar-refractivity contribution in [2.75, 3.05) is 19.0 Å². The summed E-state index contributed by atoms with van der Waals surface area (Å²) in [6.45, 7) is 5.66. The number of benzene rings is 2. The number of methoxy groups -OCH3 is 1. The van der Waals surface area contributed by atoms with Crippen LogP contribution in [-0.2, 0) is 17.6 Å². The van der Waals surface area contributed by atoms with Gasteiger partial charge in [-0.25, -0.2) is 0 Å². The molecule has 0 atom stereocenters. The van der Waals surface area contributed by atoms with Crippen LogP contribution in [0.4, 0.5) is 5.69 Å². The molecule has 0 unspecified atom stereocenters. The maximum Gasteiger partial charge on any atom is 0.247 e. The topological polar surface area (TPSA) is 88.0 Å². The smallest absolute Gasteiger partial charge is 0.247 e. The van der Waals surface area contributed by atoms with Crippen LogP contribution in [0.5, 0.6) is 23.0 Å². The number of aryl methyl sites for hydroxylation is 1. The Labute approximate surface area is 152 Å². The number of ether oxygens (including phenoxy) is 2. The number of rotatable bonds is 8. The van der Waals surface area contributed by atoms with E-state index in [1.807, 2.05) is 6.92 Å². The van der Waals surface area contributed by atoms with Crippen LogP contribution in [0.25, 0.3) is 0 Å². The molecule has 2 aromatic rings. The van der Waals surface area contributed by atoms with E-state index < -0.39 is 0 Å². The zero-order valence-corrected chi connectivity index (χ0v) is 14.9. The summed E-state index contributed by atoms with van der Waals surface area (Å²) < 4.78 is 10.7. The van der Waals surface area contributed by atoms with Gasteiger partial charge in [-0.2, -0.15) is 0 Å². The molecule has 26 heavy (non-hydrogen) atoms. The van der Waals surface area contributed by atoms with Gasteiger partial charge in [-0.3, -0.25) is 4.79 Å². The number of carbonyl (C=O) groups excluding carboxylic acids is 1. The summed E-state index contributed by atoms with van der Waals surface area (Å²) in [5.41, 5.74) is 2.18. The van der Waals surface area contributed by atoms with Gasteiger partial charge in [0.2, 0.25) is 5.91 Å². The molecule has 0 saturated heterocycles. The summed E-state index contributed by atoms with van der Waals surface area (Å²) in [7, 11) is 1.49. The van der Waals surface area contributed by atoms with Gasteiger partial charge in [0.1, 0.15) is 0 Å². The quantitative estimate of drug-likeness (QED) is 0.498. The molecule has 0 aliphatic rings. The number of phenols is 2. The van der Waals surface area contributed by atoms with Crippen molar-refractivity contribution < 1.29 is 24.5 Å². The number of carbonyl (C=O) groups is 1. The van der Waals surface area contributed by atoms with Gasteiger partial charge in [0.05, 0.1) is 13.7 Å². The normalized spacial score (nSPS) is 10.2. The van der Waals surface area contributed by atoms with Crippen LogP contribution < -0.4 is 14.8 Å². The number of hydrogen-bond acceptors (Lipinski definition) is 5. The van der Waals surface area contributed by atoms with E-state index >= 15 is 0 Å². The molecule has 0 aliphatic heterocycles. The Hall–Kier alpha value is -3.15. The summed E-state index contributed by atoms with van der Waals surface area (Å²) in [6.07, 6.45) is 2.28. The first-order valence-electron chi connectivity index (χ1n) is 8.27. The second-order valence-corrected chi connectivity index (χ2v) is 5.57. The summed E-state index contributed by atoms with van der Waals surface area (Å²) in [6, 6.07) is 8.23. The lowest BCUT2D eigenvalue weighted by Gasteiger charge is -2.17. The zero-order valence-electron chi connectivity index (χ0n) is 14.9. The molecule has 0 aromatic heterocycles. The summed E-state index contributed by atoms with van der Waals surface area (Å²) in [5.74, 6) is 0.485. The Kier molecular flexibility index (Phi) is 6.49. The summed E-state index contributed by atoms with van der Waals surface area (Å²) in [4.78, 5) is 11.7. The molecule has 2 aromatic carbocycles. The average molecular weight is 357 g/mol. The standard InChI is InChI=1S/C20H23NO5/c1-4-19(24)21-15-9-11-17(23)20(26-5-2)14(15)8-6-13-7-10-16(22)18(12-13)25-3/h4,7,9-12,22-23H,1,5-6,8H2,2-3H3,(H,21,24). The first-order chi connectivity index (χ1) is 12.5. The fraction of sp³-hybridized carbons (Fsp3) is 0.250. The van der Waals surface area contributed by atoms with E-state index in [0.29, 0.717) is 42.2 Å². The molecule has 6 heteroatoms. The molecule has 2 rings (SSSR count). The van der Waals surface area contributed by atoms with Crippen molar-refractivity contribution in [3.05, 3.63) is 54.1 Å². The third kappa shape index (κ3) is 4.47. The van der Waals surface area contributed by atoms with Gasteiger partial charge in [-0.1, -0.05) is 12.6 Å². The van der Waals surface area contributed by atoms with Gasteiger partial charge in [0.15, 0.2) is 23.0 Å². The Morgan fingerprint density at radius 2 is 1.92 bits per heavy atom. The molecule has 1 amide bonds. The second-order valence-electron chi connectivity index (χ2n) is 5.57. The molecular weight excluding hydrogens is 334 g/mol. The van der Waals surface area contributed by atoms with Gasteiger partial charge in [-0.15, -0.1) is 0 Å². The van der Waals surface area contributed by atoms with E-state index in [1.165, 1.54) is 19.3 Å². The minimum absolute atomic E-state index is 0.0155. The van der Waals surface area contributed by atoms with Crippen LogP contribution in [0, 0.1) is 0 Å². The highest BCUT2D eigenvalue weighted by molar-refractivity contribution is 5.99. The van der Waals surface area contributed by atoms with E-state index in [0.717, 1.165) is 5.56 Å². The van der Waals surface area contributed by atoms with E-state index in [-0.39, 0.29) is 17.4 Å². The minimum atomic E-state index is -0.342. The van der Waals surface area contributed by atoms with Crippen molar-refractivity contribution >= 4 is 11.6 Å². The van der Waals surface area contributed by atoms with Crippen molar-refractivity contribution in [1.82, 2.24) is 0 Å². The molecule has 3 N–H and O–H groups in total. The van der Waals surface area contributed by atoms with Crippen LogP contribution in [0.15, 0.2) is 43.0 Å². The molecular formula is C20H23NO5. The first kappa shape index (κ1) is 19.2. The predicted molar refractivity (Wildman–Crippen MR) is 100 cm³/mol. The summed E-state index contributed by atoms with van der Waals surface area (Å²) in [5, 5.41) is 22.6. The van der Waals surface area contributed by atoms with Crippen molar-refractivity contribution in [1.29, 1.82) is 0 Å². The monoisotopic (exact) mass is 357 g/mol. The number of phenolic OH excluding ortho intramolecular Hbond substituents is 2. The van der Waals surface area contributed by atoms with Crippen molar-refractivity contribution in [2.24, 2.45) is 0 Å². The van der Waals surface area contributed by atoms with Crippen LogP contribution in [-0.4, -0.2) is 29.8 Å². The maximum absolute atomic E-state index is 11.7. The molecule has 0 saturated carbocycles. The van der Waals surface area contributed by atoms with Crippen LogP contribution in [0.2, 0.25) is 0 Å². The van der Waals surface area contributed by atoms with Gasteiger partial charge in [0, 0.05) is 11.3 Å². The van der Waals surface area contributed by atoms with Gasteiger partial charge in [-0.05, 0) is 55.7 Å². The lowest BCUT2D eigenvalue weighted by atomic mass is 10.0. The highest BCUT2D eigenvalue weighted by atomic mass is 16.5. The zero-order chi connectivity index (χ0) is 19.1. The highest BCUT2D eigenvalue weighted by Crippen LogP contribution is 2.37. The predicted octanol–water partition coefficient (Wildman–Crippen LogP) is 3.41. The van der Waals surface area contributed by atoms with Gasteiger partial charge >= 0.3 is 0 Å². The highest BCUT2D eigenvalue weighted by Gasteiger charge is 2.16. The molecule has 6 nitrogen and oxygen atoms in total. The fourth-order valence-electron chi connectivity index (χ4n) is 2.62. The Balaban J connectivity index is 2.34. The average Bonchev–Trinajstić information content (AvgIpc) is 2.64. The Morgan fingerprint density at radius 3 is 2.58 bits per heavy atom. The number of anilines is 1. The molecule has 138 valence electrons. The van der Waals surface area contributed by atoms with Crippen molar-refractivity contribution in [3.63, 3.8) is 0 Å². The van der Waals surface area contributed by atoms with E-state index in [2.05, 4.69) is 11.9 Å². The lowest BCUT2D eigenvalue weighted by molar-refractivity contribution is -0.111. The molecule has 0 spiro atoms. The van der Waals surface area contributed by atoms with Crippen LogP contribution >= 0.6 is 0 Å². The molecule has 0 aliphatic carbocycles. The third-order valence-electron chi connectivity index (χ3n) is 3.88. The fourth-order valence-corrected chi connectivity index (χ4v) is 2.62. The molecule has 0 fully saturated rings. The molecule has 0 heterocycles. The summed E-state index contributed by atoms with van der Waals surface area (Å²) >= 11 is 0. The lowest BCUT2D eigenvalue weighted by Crippen LogP contribution is -2.11. The largest absolute Gasteiger partial charge is 0.504 e. The number of amides is 1. The second kappa shape index (κ2) is 8.80. The Morgan fingerprint density at radius 1 is 1.19 bits per heavy atom. The van der Waals surface area contributed by atoms with Gasteiger partial charge in [0.25, 0.3) is 0 Å². The number of aromatic hydroxyl groups is 2. The first-order valence-corrected chi connectivity index (χ1v) is 8.27. The van der Waals surface area contributed by atoms with E-state index in [1.54, 1.807) is 24.3 Å². The van der Waals surface area contributed by atoms with Gasteiger partial charge < -0.3 is 25.0 Å². The molecule has 0 bridgehead atoms.